The molecule has 0 aliphatic heterocycles. The maximum atomic E-state index is 10.7. The van der Waals surface area contributed by atoms with Crippen molar-refractivity contribution < 1.29 is 8.42 Å². The summed E-state index contributed by atoms with van der Waals surface area (Å²) < 4.78 is 21.5. The predicted molar refractivity (Wildman–Crippen MR) is 56.5 cm³/mol. The molecule has 0 aliphatic carbocycles. The first-order valence-electron chi connectivity index (χ1n) is 4.19. The molecule has 12 heavy (non-hydrogen) atoms. The van der Waals surface area contributed by atoms with E-state index in [0.29, 0.717) is 11.7 Å². The van der Waals surface area contributed by atoms with Gasteiger partial charge in [0, 0.05) is 17.3 Å². The molecule has 0 fully saturated rings. The second-order valence-electron chi connectivity index (χ2n) is 3.39. The average Bonchev–Trinajstić information content (AvgIpc) is 1.96. The summed E-state index contributed by atoms with van der Waals surface area (Å²) in [7, 11) is -2.74. The van der Waals surface area contributed by atoms with Crippen LogP contribution in [0.4, 0.5) is 0 Å². The molecule has 0 N–H and O–H groups in total. The summed E-state index contributed by atoms with van der Waals surface area (Å²) in [5.74, 6) is 0.992. The zero-order valence-corrected chi connectivity index (χ0v) is 10.1. The predicted octanol–water partition coefficient (Wildman–Crippen LogP) is 2.23. The Morgan fingerprint density at radius 1 is 1.33 bits per heavy atom. The fourth-order valence-corrected chi connectivity index (χ4v) is 1.99. The van der Waals surface area contributed by atoms with Crippen LogP contribution in [0.1, 0.15) is 26.2 Å². The Kier molecular flexibility index (Phi) is 6.19. The number of hydrogen-bond donors (Lipinski definition) is 0. The van der Waals surface area contributed by atoms with E-state index in [1.165, 1.54) is 6.26 Å². The first-order valence-corrected chi connectivity index (χ1v) is 7.37. The van der Waals surface area contributed by atoms with Gasteiger partial charge in [0.05, 0.1) is 0 Å². The van der Waals surface area contributed by atoms with Gasteiger partial charge in [-0.05, 0) is 18.8 Å². The summed E-state index contributed by atoms with van der Waals surface area (Å²) in [5, 5.41) is 1.01. The van der Waals surface area contributed by atoms with Crippen LogP contribution in [0.15, 0.2) is 0 Å². The maximum absolute atomic E-state index is 10.7. The molecular formula is C8H17BrO2S. The highest BCUT2D eigenvalue weighted by Gasteiger charge is 2.03. The third-order valence-corrected chi connectivity index (χ3v) is 3.86. The largest absolute Gasteiger partial charge is 0.229 e. The SMILES string of the molecule is CC(CBr)CCCCS(C)(=O)=O. The molecule has 0 bridgehead atoms. The van der Waals surface area contributed by atoms with Gasteiger partial charge in [0.25, 0.3) is 0 Å². The molecule has 0 aromatic heterocycles. The zero-order valence-electron chi connectivity index (χ0n) is 7.72. The van der Waals surface area contributed by atoms with Crippen molar-refractivity contribution in [2.75, 3.05) is 17.3 Å². The molecular weight excluding hydrogens is 240 g/mol. The van der Waals surface area contributed by atoms with Gasteiger partial charge in [0.2, 0.25) is 0 Å². The van der Waals surface area contributed by atoms with Crippen LogP contribution in [-0.4, -0.2) is 25.8 Å². The van der Waals surface area contributed by atoms with Crippen molar-refractivity contribution in [1.29, 1.82) is 0 Å². The van der Waals surface area contributed by atoms with Crippen molar-refractivity contribution >= 4 is 25.8 Å². The van der Waals surface area contributed by atoms with E-state index in [4.69, 9.17) is 0 Å². The minimum absolute atomic E-state index is 0.335. The third-order valence-electron chi connectivity index (χ3n) is 1.73. The number of halogens is 1. The first-order chi connectivity index (χ1) is 5.45. The van der Waals surface area contributed by atoms with Crippen LogP contribution in [0.3, 0.4) is 0 Å². The molecule has 0 aromatic carbocycles. The van der Waals surface area contributed by atoms with Crippen molar-refractivity contribution in [3.8, 4) is 0 Å². The topological polar surface area (TPSA) is 34.1 Å². The second kappa shape index (κ2) is 5.97. The van der Waals surface area contributed by atoms with E-state index >= 15 is 0 Å². The molecule has 4 heteroatoms. The standard InChI is InChI=1S/C8H17BrO2S/c1-8(7-9)5-3-4-6-12(2,10)11/h8H,3-7H2,1-2H3. The van der Waals surface area contributed by atoms with Gasteiger partial charge >= 0.3 is 0 Å². The molecule has 0 saturated carbocycles. The average molecular weight is 257 g/mol. The number of rotatable bonds is 6. The minimum atomic E-state index is -2.74. The van der Waals surface area contributed by atoms with Gasteiger partial charge in [-0.25, -0.2) is 8.42 Å². The van der Waals surface area contributed by atoms with Crippen molar-refractivity contribution in [2.24, 2.45) is 5.92 Å². The van der Waals surface area contributed by atoms with Crippen molar-refractivity contribution in [1.82, 2.24) is 0 Å². The van der Waals surface area contributed by atoms with Gasteiger partial charge in [-0.3, -0.25) is 0 Å². The Morgan fingerprint density at radius 2 is 1.92 bits per heavy atom. The lowest BCUT2D eigenvalue weighted by Crippen LogP contribution is -2.04. The lowest BCUT2D eigenvalue weighted by atomic mass is 10.1. The third kappa shape index (κ3) is 8.53. The normalized spacial score (nSPS) is 14.6. The van der Waals surface area contributed by atoms with Gasteiger partial charge in [-0.1, -0.05) is 29.3 Å². The first kappa shape index (κ1) is 12.4. The lowest BCUT2D eigenvalue weighted by molar-refractivity contribution is 0.553. The van der Waals surface area contributed by atoms with E-state index in [1.807, 2.05) is 0 Å². The van der Waals surface area contributed by atoms with E-state index < -0.39 is 9.84 Å². The van der Waals surface area contributed by atoms with E-state index in [9.17, 15) is 8.42 Å². The van der Waals surface area contributed by atoms with E-state index in [-0.39, 0.29) is 0 Å². The molecule has 0 saturated heterocycles. The summed E-state index contributed by atoms with van der Waals surface area (Å²) in [6.45, 7) is 2.16. The van der Waals surface area contributed by atoms with E-state index in [0.717, 1.165) is 24.6 Å². The van der Waals surface area contributed by atoms with Crippen LogP contribution < -0.4 is 0 Å². The number of sulfone groups is 1. The van der Waals surface area contributed by atoms with Gasteiger partial charge in [-0.2, -0.15) is 0 Å². The zero-order chi connectivity index (χ0) is 9.61. The van der Waals surface area contributed by atoms with Crippen molar-refractivity contribution in [3.63, 3.8) is 0 Å². The molecule has 2 nitrogen and oxygen atoms in total. The lowest BCUT2D eigenvalue weighted by Gasteiger charge is -2.05. The highest BCUT2D eigenvalue weighted by atomic mass is 79.9. The monoisotopic (exact) mass is 256 g/mol. The molecule has 0 rings (SSSR count). The highest BCUT2D eigenvalue weighted by Crippen LogP contribution is 2.10. The Hall–Kier alpha value is 0.430. The molecule has 1 atom stereocenters. The second-order valence-corrected chi connectivity index (χ2v) is 6.29. The smallest absolute Gasteiger partial charge is 0.147 e. The highest BCUT2D eigenvalue weighted by molar-refractivity contribution is 9.09. The summed E-state index contributed by atoms with van der Waals surface area (Å²) >= 11 is 3.39. The van der Waals surface area contributed by atoms with Gasteiger partial charge in [0.15, 0.2) is 0 Å². The molecule has 0 heterocycles. The summed E-state index contributed by atoms with van der Waals surface area (Å²) in [6, 6.07) is 0. The van der Waals surface area contributed by atoms with Crippen LogP contribution >= 0.6 is 15.9 Å². The number of alkyl halides is 1. The van der Waals surface area contributed by atoms with Crippen molar-refractivity contribution in [3.05, 3.63) is 0 Å². The van der Waals surface area contributed by atoms with Crippen LogP contribution in [0, 0.1) is 5.92 Å². The number of unbranched alkanes of at least 4 members (excludes halogenated alkanes) is 1. The summed E-state index contributed by atoms with van der Waals surface area (Å²) in [5.41, 5.74) is 0. The minimum Gasteiger partial charge on any atom is -0.229 e. The Bertz CT molecular complexity index is 199. The van der Waals surface area contributed by atoms with Gasteiger partial charge < -0.3 is 0 Å². The van der Waals surface area contributed by atoms with Gasteiger partial charge in [0.1, 0.15) is 9.84 Å². The van der Waals surface area contributed by atoms with Crippen LogP contribution in [0.2, 0.25) is 0 Å². The molecule has 0 radical (unpaired) electrons. The van der Waals surface area contributed by atoms with Crippen LogP contribution in [0.5, 0.6) is 0 Å². The Balaban J connectivity index is 3.34. The maximum Gasteiger partial charge on any atom is 0.147 e. The van der Waals surface area contributed by atoms with E-state index in [2.05, 4.69) is 22.9 Å². The molecule has 1 unspecified atom stereocenters. The molecule has 0 aliphatic rings. The molecule has 0 spiro atoms. The molecule has 74 valence electrons. The van der Waals surface area contributed by atoms with Crippen LogP contribution in [-0.2, 0) is 9.84 Å². The molecule has 0 amide bonds. The Morgan fingerprint density at radius 3 is 2.33 bits per heavy atom. The van der Waals surface area contributed by atoms with E-state index in [1.54, 1.807) is 0 Å². The molecule has 0 aromatic rings. The van der Waals surface area contributed by atoms with Crippen molar-refractivity contribution in [2.45, 2.75) is 26.2 Å². The quantitative estimate of drug-likeness (QED) is 0.540. The summed E-state index contributed by atoms with van der Waals surface area (Å²) in [4.78, 5) is 0. The van der Waals surface area contributed by atoms with Gasteiger partial charge in [-0.15, -0.1) is 0 Å². The van der Waals surface area contributed by atoms with Crippen LogP contribution in [0.25, 0.3) is 0 Å². The fourth-order valence-electron chi connectivity index (χ4n) is 0.934. The summed E-state index contributed by atoms with van der Waals surface area (Å²) in [6.07, 6.45) is 4.22. The fraction of sp³-hybridized carbons (Fsp3) is 1.00. The number of hydrogen-bond acceptors (Lipinski definition) is 2. The Labute approximate surface area is 83.8 Å².